The van der Waals surface area contributed by atoms with Crippen LogP contribution in [0.1, 0.15) is 29.5 Å². The van der Waals surface area contributed by atoms with Gasteiger partial charge >= 0.3 is 6.00 Å². The van der Waals surface area contributed by atoms with E-state index in [4.69, 9.17) is 33.2 Å². The Bertz CT molecular complexity index is 344. The standard InChI is InChI=1S/C11H15Cl3Si/c1-8-5-4-6-11(10(8)3)9(2)7-15(12,13)14/h4-6,9H,7H2,1-3H3. The SMILES string of the molecule is Cc1cccc(C(C)C[Si](Cl)(Cl)Cl)c1C. The average Bonchev–Trinajstić information content (AvgIpc) is 2.06. The molecule has 0 amide bonds. The predicted molar refractivity (Wildman–Crippen MR) is 72.5 cm³/mol. The highest BCUT2D eigenvalue weighted by Gasteiger charge is 2.28. The Labute approximate surface area is 107 Å². The third-order valence-electron chi connectivity index (χ3n) is 2.72. The van der Waals surface area contributed by atoms with E-state index in [0.29, 0.717) is 12.0 Å². The van der Waals surface area contributed by atoms with Gasteiger partial charge in [0.1, 0.15) is 0 Å². The Hall–Kier alpha value is 0.307. The fourth-order valence-electron chi connectivity index (χ4n) is 1.76. The van der Waals surface area contributed by atoms with E-state index < -0.39 is 6.00 Å². The molecule has 0 bridgehead atoms. The summed E-state index contributed by atoms with van der Waals surface area (Å²) in [6.45, 7) is 6.36. The van der Waals surface area contributed by atoms with Crippen molar-refractivity contribution in [2.75, 3.05) is 0 Å². The maximum Gasteiger partial charge on any atom is 0.342 e. The predicted octanol–water partition coefficient (Wildman–Crippen LogP) is 5.06. The van der Waals surface area contributed by atoms with Crippen molar-refractivity contribution >= 4 is 39.2 Å². The molecule has 0 saturated carbocycles. The third kappa shape index (κ3) is 3.99. The molecule has 1 aromatic carbocycles. The van der Waals surface area contributed by atoms with Crippen LogP contribution in [0.5, 0.6) is 0 Å². The van der Waals surface area contributed by atoms with E-state index in [1.54, 1.807) is 0 Å². The van der Waals surface area contributed by atoms with Crippen molar-refractivity contribution in [3.05, 3.63) is 34.9 Å². The molecule has 0 spiro atoms. The summed E-state index contributed by atoms with van der Waals surface area (Å²) in [5.41, 5.74) is 3.91. The van der Waals surface area contributed by atoms with Crippen LogP contribution in [0.25, 0.3) is 0 Å². The van der Waals surface area contributed by atoms with Crippen LogP contribution < -0.4 is 0 Å². The normalized spacial score (nSPS) is 14.0. The molecule has 0 aromatic heterocycles. The molecule has 0 radical (unpaired) electrons. The maximum atomic E-state index is 5.94. The van der Waals surface area contributed by atoms with Gasteiger partial charge in [0.05, 0.1) is 0 Å². The fourth-order valence-corrected chi connectivity index (χ4v) is 4.76. The van der Waals surface area contributed by atoms with Crippen molar-refractivity contribution in [1.29, 1.82) is 0 Å². The van der Waals surface area contributed by atoms with E-state index >= 15 is 0 Å². The zero-order valence-electron chi connectivity index (χ0n) is 9.15. The third-order valence-corrected chi connectivity index (χ3v) is 5.18. The summed E-state index contributed by atoms with van der Waals surface area (Å²) < 4.78 is 0. The molecule has 84 valence electrons. The minimum absolute atomic E-state index is 0.323. The van der Waals surface area contributed by atoms with Gasteiger partial charge in [0.15, 0.2) is 0 Å². The van der Waals surface area contributed by atoms with Gasteiger partial charge < -0.3 is 0 Å². The average molecular weight is 282 g/mol. The molecule has 1 aromatic rings. The van der Waals surface area contributed by atoms with Crippen molar-refractivity contribution in [2.24, 2.45) is 0 Å². The van der Waals surface area contributed by atoms with Gasteiger partial charge in [-0.25, -0.2) is 0 Å². The van der Waals surface area contributed by atoms with Crippen molar-refractivity contribution < 1.29 is 0 Å². The van der Waals surface area contributed by atoms with Gasteiger partial charge in [-0.2, -0.15) is 0 Å². The summed E-state index contributed by atoms with van der Waals surface area (Å²) in [4.78, 5) is 0. The second-order valence-corrected chi connectivity index (χ2v) is 13.2. The van der Waals surface area contributed by atoms with Gasteiger partial charge in [0.25, 0.3) is 0 Å². The van der Waals surface area contributed by atoms with E-state index in [0.717, 1.165) is 0 Å². The molecule has 4 heteroatoms. The first-order valence-electron chi connectivity index (χ1n) is 4.94. The number of halogens is 3. The lowest BCUT2D eigenvalue weighted by Crippen LogP contribution is -2.13. The first kappa shape index (κ1) is 13.4. The summed E-state index contributed by atoms with van der Waals surface area (Å²) in [6, 6.07) is 4.45. The summed E-state index contributed by atoms with van der Waals surface area (Å²) in [7, 11) is 0. The molecule has 0 fully saturated rings. The Morgan fingerprint density at radius 3 is 2.33 bits per heavy atom. The Balaban J connectivity index is 2.92. The molecule has 0 N–H and O–H groups in total. The van der Waals surface area contributed by atoms with Crippen molar-refractivity contribution in [1.82, 2.24) is 0 Å². The van der Waals surface area contributed by atoms with Gasteiger partial charge in [-0.1, -0.05) is 25.1 Å². The van der Waals surface area contributed by atoms with E-state index in [1.165, 1.54) is 16.7 Å². The number of rotatable bonds is 3. The van der Waals surface area contributed by atoms with Crippen LogP contribution in [0.4, 0.5) is 0 Å². The molecule has 0 nitrogen and oxygen atoms in total. The molecule has 1 unspecified atom stereocenters. The van der Waals surface area contributed by atoms with E-state index in [-0.39, 0.29) is 0 Å². The second kappa shape index (κ2) is 5.09. The summed E-state index contributed by atoms with van der Waals surface area (Å²) in [5.74, 6) is 0.323. The van der Waals surface area contributed by atoms with Crippen LogP contribution in [-0.4, -0.2) is 6.00 Å². The van der Waals surface area contributed by atoms with Crippen LogP contribution in [0.15, 0.2) is 18.2 Å². The van der Waals surface area contributed by atoms with Crippen molar-refractivity contribution in [2.45, 2.75) is 32.7 Å². The summed E-state index contributed by atoms with van der Waals surface area (Å²) >= 11 is 17.8. The van der Waals surface area contributed by atoms with Gasteiger partial charge in [0.2, 0.25) is 0 Å². The molecule has 0 aliphatic carbocycles. The van der Waals surface area contributed by atoms with E-state index in [1.807, 2.05) is 0 Å². The lowest BCUT2D eigenvalue weighted by molar-refractivity contribution is 0.846. The van der Waals surface area contributed by atoms with E-state index in [9.17, 15) is 0 Å². The van der Waals surface area contributed by atoms with Crippen molar-refractivity contribution in [3.8, 4) is 0 Å². The minimum Gasteiger partial charge on any atom is -0.126 e. The lowest BCUT2D eigenvalue weighted by Gasteiger charge is -2.18. The summed E-state index contributed by atoms with van der Waals surface area (Å²) in [5, 5.41) is 0. The lowest BCUT2D eigenvalue weighted by atomic mass is 9.95. The van der Waals surface area contributed by atoms with Crippen LogP contribution in [0.3, 0.4) is 0 Å². The van der Waals surface area contributed by atoms with Gasteiger partial charge in [-0.3, -0.25) is 0 Å². The zero-order chi connectivity index (χ0) is 11.6. The van der Waals surface area contributed by atoms with Crippen molar-refractivity contribution in [3.63, 3.8) is 0 Å². The molecule has 15 heavy (non-hydrogen) atoms. The van der Waals surface area contributed by atoms with Gasteiger partial charge in [-0.05, 0) is 42.5 Å². The molecule has 1 rings (SSSR count). The first-order chi connectivity index (χ1) is 6.81. The molecule has 0 aliphatic heterocycles. The first-order valence-corrected chi connectivity index (χ1v) is 10.2. The number of hydrogen-bond acceptors (Lipinski definition) is 0. The van der Waals surface area contributed by atoms with Gasteiger partial charge in [-0.15, -0.1) is 33.2 Å². The highest BCUT2D eigenvalue weighted by atomic mass is 35.8. The van der Waals surface area contributed by atoms with E-state index in [2.05, 4.69) is 39.0 Å². The highest BCUT2D eigenvalue weighted by Crippen LogP contribution is 2.35. The molecule has 0 aliphatic rings. The molecular formula is C11H15Cl3Si. The molecular weight excluding hydrogens is 267 g/mol. The maximum absolute atomic E-state index is 5.94. The Kier molecular flexibility index (Phi) is 4.54. The van der Waals surface area contributed by atoms with Crippen LogP contribution in [-0.2, 0) is 0 Å². The zero-order valence-corrected chi connectivity index (χ0v) is 12.4. The summed E-state index contributed by atoms with van der Waals surface area (Å²) in [6.07, 6.45) is 0. The minimum atomic E-state index is -2.53. The monoisotopic (exact) mass is 280 g/mol. The smallest absolute Gasteiger partial charge is 0.126 e. The quantitative estimate of drug-likeness (QED) is 0.536. The Morgan fingerprint density at radius 1 is 1.20 bits per heavy atom. The van der Waals surface area contributed by atoms with Crippen LogP contribution in [0.2, 0.25) is 6.04 Å². The number of hydrogen-bond donors (Lipinski definition) is 0. The molecule has 0 saturated heterocycles. The second-order valence-electron chi connectivity index (χ2n) is 4.01. The topological polar surface area (TPSA) is 0 Å². The fraction of sp³-hybridized carbons (Fsp3) is 0.455. The Morgan fingerprint density at radius 2 is 1.80 bits per heavy atom. The van der Waals surface area contributed by atoms with Gasteiger partial charge in [0, 0.05) is 0 Å². The molecule has 1 atom stereocenters. The van der Waals surface area contributed by atoms with Crippen LogP contribution in [0, 0.1) is 13.8 Å². The number of benzene rings is 1. The number of aryl methyl sites for hydroxylation is 1. The van der Waals surface area contributed by atoms with Crippen LogP contribution >= 0.6 is 33.2 Å². The molecule has 0 heterocycles. The largest absolute Gasteiger partial charge is 0.342 e. The highest BCUT2D eigenvalue weighted by molar-refractivity contribution is 7.64.